The quantitative estimate of drug-likeness (QED) is 0.480. The summed E-state index contributed by atoms with van der Waals surface area (Å²) in [5.74, 6) is -0.0487. The first kappa shape index (κ1) is 9.77. The van der Waals surface area contributed by atoms with E-state index >= 15 is 0 Å². The van der Waals surface area contributed by atoms with E-state index in [1.54, 1.807) is 13.8 Å². The molecule has 0 aliphatic heterocycles. The minimum Gasteiger partial charge on any atom is -0.504 e. The standard InChI is InChI=1S/C8H12O2P2/c1-3-5(9)6(10)4(2)8(12)7(3)11/h9-10H,11-12H2,1-2H3. The molecule has 1 rings (SSSR count). The van der Waals surface area contributed by atoms with Gasteiger partial charge in [-0.2, -0.15) is 0 Å². The first-order valence-electron chi connectivity index (χ1n) is 3.52. The molecule has 0 aliphatic carbocycles. The van der Waals surface area contributed by atoms with Crippen molar-refractivity contribution in [2.24, 2.45) is 0 Å². The van der Waals surface area contributed by atoms with Crippen LogP contribution in [-0.2, 0) is 0 Å². The lowest BCUT2D eigenvalue weighted by atomic mass is 10.1. The number of phenolic OH excluding ortho intramolecular Hbond substituents is 2. The maximum Gasteiger partial charge on any atom is 0.161 e. The second-order valence-electron chi connectivity index (χ2n) is 2.77. The molecular weight excluding hydrogens is 190 g/mol. The minimum atomic E-state index is -0.0244. The molecule has 0 saturated carbocycles. The summed E-state index contributed by atoms with van der Waals surface area (Å²) in [5, 5.41) is 20.7. The summed E-state index contributed by atoms with van der Waals surface area (Å²) in [5.41, 5.74) is 1.40. The SMILES string of the molecule is Cc1c(O)c(O)c(C)c(P)c1P. The molecule has 0 aliphatic rings. The van der Waals surface area contributed by atoms with Crippen LogP contribution < -0.4 is 10.6 Å². The average Bonchev–Trinajstić information content (AvgIpc) is 2.08. The highest BCUT2D eigenvalue weighted by molar-refractivity contribution is 7.36. The van der Waals surface area contributed by atoms with Crippen molar-refractivity contribution in [3.8, 4) is 11.5 Å². The van der Waals surface area contributed by atoms with Crippen LogP contribution in [0.5, 0.6) is 11.5 Å². The van der Waals surface area contributed by atoms with Gasteiger partial charge in [0.05, 0.1) is 0 Å². The third-order valence-electron chi connectivity index (χ3n) is 2.03. The van der Waals surface area contributed by atoms with Crippen LogP contribution in [0, 0.1) is 13.8 Å². The molecule has 4 heteroatoms. The van der Waals surface area contributed by atoms with E-state index in [4.69, 9.17) is 0 Å². The molecule has 12 heavy (non-hydrogen) atoms. The number of aromatic hydroxyl groups is 2. The summed E-state index contributed by atoms with van der Waals surface area (Å²) in [4.78, 5) is 0. The van der Waals surface area contributed by atoms with E-state index in [-0.39, 0.29) is 11.5 Å². The van der Waals surface area contributed by atoms with Crippen LogP contribution in [0.3, 0.4) is 0 Å². The molecule has 2 nitrogen and oxygen atoms in total. The Bertz CT molecular complexity index is 229. The highest BCUT2D eigenvalue weighted by atomic mass is 31.0. The fraction of sp³-hybridized carbons (Fsp3) is 0.250. The number of rotatable bonds is 0. The summed E-state index contributed by atoms with van der Waals surface area (Å²) in [6, 6.07) is 0. The number of hydrogen-bond donors (Lipinski definition) is 2. The van der Waals surface area contributed by atoms with Gasteiger partial charge in [-0.1, -0.05) is 0 Å². The van der Waals surface area contributed by atoms with Gasteiger partial charge in [-0.25, -0.2) is 0 Å². The predicted octanol–water partition coefficient (Wildman–Crippen LogP) is 0.715. The van der Waals surface area contributed by atoms with Gasteiger partial charge >= 0.3 is 0 Å². The van der Waals surface area contributed by atoms with Crippen molar-refractivity contribution in [3.63, 3.8) is 0 Å². The Morgan fingerprint density at radius 2 is 1.08 bits per heavy atom. The zero-order valence-electron chi connectivity index (χ0n) is 7.05. The van der Waals surface area contributed by atoms with Crippen molar-refractivity contribution >= 4 is 29.1 Å². The zero-order valence-corrected chi connectivity index (χ0v) is 9.36. The van der Waals surface area contributed by atoms with Gasteiger partial charge < -0.3 is 10.2 Å². The smallest absolute Gasteiger partial charge is 0.161 e. The Morgan fingerprint density at radius 1 is 0.833 bits per heavy atom. The van der Waals surface area contributed by atoms with Crippen LogP contribution in [0.15, 0.2) is 0 Å². The molecule has 66 valence electrons. The van der Waals surface area contributed by atoms with Crippen LogP contribution in [0.4, 0.5) is 0 Å². The molecule has 0 amide bonds. The lowest BCUT2D eigenvalue weighted by Crippen LogP contribution is -2.17. The summed E-state index contributed by atoms with van der Waals surface area (Å²) in [6.45, 7) is 3.54. The molecule has 2 unspecified atom stereocenters. The van der Waals surface area contributed by atoms with Crippen molar-refractivity contribution in [1.82, 2.24) is 0 Å². The highest BCUT2D eigenvalue weighted by Crippen LogP contribution is 2.30. The van der Waals surface area contributed by atoms with E-state index in [0.29, 0.717) is 11.1 Å². The first-order valence-corrected chi connectivity index (χ1v) is 4.68. The molecule has 1 aromatic carbocycles. The largest absolute Gasteiger partial charge is 0.504 e. The fourth-order valence-electron chi connectivity index (χ4n) is 1.01. The van der Waals surface area contributed by atoms with E-state index in [1.807, 2.05) is 0 Å². The minimum absolute atomic E-state index is 0.0244. The van der Waals surface area contributed by atoms with E-state index in [1.165, 1.54) is 0 Å². The van der Waals surface area contributed by atoms with Crippen LogP contribution >= 0.6 is 18.5 Å². The molecule has 0 aromatic heterocycles. The Labute approximate surface area is 76.4 Å². The van der Waals surface area contributed by atoms with Crippen molar-refractivity contribution in [2.45, 2.75) is 13.8 Å². The van der Waals surface area contributed by atoms with E-state index in [0.717, 1.165) is 10.6 Å². The van der Waals surface area contributed by atoms with Crippen LogP contribution in [-0.4, -0.2) is 10.2 Å². The van der Waals surface area contributed by atoms with Gasteiger partial charge in [-0.15, -0.1) is 18.5 Å². The third-order valence-corrected chi connectivity index (χ3v) is 3.85. The Hall–Kier alpha value is -0.320. The maximum absolute atomic E-state index is 9.42. The maximum atomic E-state index is 9.42. The van der Waals surface area contributed by atoms with E-state index in [2.05, 4.69) is 18.5 Å². The lowest BCUT2D eigenvalue weighted by molar-refractivity contribution is 0.399. The molecule has 0 spiro atoms. The molecule has 0 fully saturated rings. The van der Waals surface area contributed by atoms with Crippen molar-refractivity contribution < 1.29 is 10.2 Å². The lowest BCUT2D eigenvalue weighted by Gasteiger charge is -2.12. The van der Waals surface area contributed by atoms with Crippen LogP contribution in [0.1, 0.15) is 11.1 Å². The molecule has 2 atom stereocenters. The molecular formula is C8H12O2P2. The predicted molar refractivity (Wildman–Crippen MR) is 57.9 cm³/mol. The van der Waals surface area contributed by atoms with Gasteiger partial charge in [0, 0.05) is 11.1 Å². The second-order valence-corrected chi connectivity index (χ2v) is 3.93. The molecule has 0 radical (unpaired) electrons. The Balaban J connectivity index is 3.60. The Kier molecular flexibility index (Phi) is 2.61. The van der Waals surface area contributed by atoms with Crippen molar-refractivity contribution in [1.29, 1.82) is 0 Å². The average molecular weight is 202 g/mol. The topological polar surface area (TPSA) is 40.5 Å². The van der Waals surface area contributed by atoms with Gasteiger partial charge in [-0.05, 0) is 24.5 Å². The van der Waals surface area contributed by atoms with Gasteiger partial charge in [0.2, 0.25) is 0 Å². The number of phenols is 2. The van der Waals surface area contributed by atoms with Crippen molar-refractivity contribution in [2.75, 3.05) is 0 Å². The zero-order chi connectivity index (χ0) is 9.46. The summed E-state index contributed by atoms with van der Waals surface area (Å²) < 4.78 is 0. The van der Waals surface area contributed by atoms with E-state index in [9.17, 15) is 10.2 Å². The normalized spacial score (nSPS) is 10.3. The fourth-order valence-corrected chi connectivity index (χ4v) is 1.72. The van der Waals surface area contributed by atoms with Crippen LogP contribution in [0.25, 0.3) is 0 Å². The van der Waals surface area contributed by atoms with Gasteiger partial charge in [0.1, 0.15) is 0 Å². The highest BCUT2D eigenvalue weighted by Gasteiger charge is 2.12. The third kappa shape index (κ3) is 1.30. The van der Waals surface area contributed by atoms with Gasteiger partial charge in [-0.3, -0.25) is 0 Å². The monoisotopic (exact) mass is 202 g/mol. The van der Waals surface area contributed by atoms with Crippen LogP contribution in [0.2, 0.25) is 0 Å². The summed E-state index contributed by atoms with van der Waals surface area (Å²) >= 11 is 0. The second kappa shape index (κ2) is 3.20. The van der Waals surface area contributed by atoms with E-state index < -0.39 is 0 Å². The summed E-state index contributed by atoms with van der Waals surface area (Å²) in [6.07, 6.45) is 0. The molecule has 0 saturated heterocycles. The molecule has 0 heterocycles. The molecule has 2 N–H and O–H groups in total. The number of benzene rings is 1. The first-order chi connectivity index (χ1) is 5.46. The van der Waals surface area contributed by atoms with Gasteiger partial charge in [0.25, 0.3) is 0 Å². The number of hydrogen-bond acceptors (Lipinski definition) is 2. The van der Waals surface area contributed by atoms with Gasteiger partial charge in [0.15, 0.2) is 11.5 Å². The molecule has 0 bridgehead atoms. The van der Waals surface area contributed by atoms with Crippen molar-refractivity contribution in [3.05, 3.63) is 11.1 Å². The molecule has 1 aromatic rings. The Morgan fingerprint density at radius 3 is 1.33 bits per heavy atom. The summed E-state index contributed by atoms with van der Waals surface area (Å²) in [7, 11) is 5.09.